The van der Waals surface area contributed by atoms with Gasteiger partial charge in [-0.2, -0.15) is 0 Å². The van der Waals surface area contributed by atoms with E-state index in [9.17, 15) is 0 Å². The summed E-state index contributed by atoms with van der Waals surface area (Å²) in [5.74, 6) is 0.482. The number of nitrogens with zero attached hydrogens (tertiary/aromatic N) is 2. The van der Waals surface area contributed by atoms with Crippen molar-refractivity contribution < 1.29 is 0 Å². The lowest BCUT2D eigenvalue weighted by Gasteiger charge is -2.45. The maximum Gasteiger partial charge on any atom is 0.0179 e. The molecular formula is C11H23N2. The van der Waals surface area contributed by atoms with Crippen LogP contribution in [0.25, 0.3) is 0 Å². The van der Waals surface area contributed by atoms with Gasteiger partial charge in [0.15, 0.2) is 0 Å². The molecule has 1 fully saturated rings. The summed E-state index contributed by atoms with van der Waals surface area (Å²) >= 11 is 0. The minimum absolute atomic E-state index is 0.251. The topological polar surface area (TPSA) is 6.48 Å². The fraction of sp³-hybridized carbons (Fsp3) is 0.909. The highest BCUT2D eigenvalue weighted by Crippen LogP contribution is 2.24. The second-order valence-corrected chi connectivity index (χ2v) is 4.85. The van der Waals surface area contributed by atoms with E-state index >= 15 is 0 Å². The predicted molar refractivity (Wildman–Crippen MR) is 57.7 cm³/mol. The minimum Gasteiger partial charge on any atom is -0.304 e. The summed E-state index contributed by atoms with van der Waals surface area (Å²) in [5, 5.41) is 0. The van der Waals surface area contributed by atoms with Crippen molar-refractivity contribution in [1.29, 1.82) is 0 Å². The molecule has 1 aliphatic heterocycles. The van der Waals surface area contributed by atoms with Gasteiger partial charge < -0.3 is 4.90 Å². The van der Waals surface area contributed by atoms with E-state index < -0.39 is 0 Å². The second-order valence-electron chi connectivity index (χ2n) is 4.85. The highest BCUT2D eigenvalue weighted by molar-refractivity contribution is 4.89. The van der Waals surface area contributed by atoms with Crippen LogP contribution in [-0.4, -0.2) is 48.6 Å². The first-order valence-corrected chi connectivity index (χ1v) is 5.21. The zero-order valence-corrected chi connectivity index (χ0v) is 9.51. The molecule has 77 valence electrons. The summed E-state index contributed by atoms with van der Waals surface area (Å²) in [6, 6.07) is 0. The van der Waals surface area contributed by atoms with E-state index in [1.54, 1.807) is 0 Å². The maximum atomic E-state index is 4.15. The molecule has 1 aliphatic rings. The normalized spacial score (nSPS) is 22.6. The predicted octanol–water partition coefficient (Wildman–Crippen LogP) is 1.48. The van der Waals surface area contributed by atoms with Crippen molar-refractivity contribution in [2.45, 2.75) is 26.3 Å². The second kappa shape index (κ2) is 3.97. The summed E-state index contributed by atoms with van der Waals surface area (Å²) in [7, 11) is 2.19. The monoisotopic (exact) mass is 183 g/mol. The Hall–Kier alpha value is -0.0800. The molecule has 0 aromatic heterocycles. The molecule has 1 saturated heterocycles. The Morgan fingerprint density at radius 1 is 1.15 bits per heavy atom. The minimum atomic E-state index is 0.251. The highest BCUT2D eigenvalue weighted by atomic mass is 15.3. The summed E-state index contributed by atoms with van der Waals surface area (Å²) in [5.41, 5.74) is 0.251. The Kier molecular flexibility index (Phi) is 3.36. The van der Waals surface area contributed by atoms with Gasteiger partial charge in [0.25, 0.3) is 0 Å². The van der Waals surface area contributed by atoms with Crippen LogP contribution in [0.5, 0.6) is 0 Å². The molecule has 1 atom stereocenters. The largest absolute Gasteiger partial charge is 0.304 e. The Balaban J connectivity index is 2.52. The van der Waals surface area contributed by atoms with Crippen LogP contribution in [0.2, 0.25) is 0 Å². The van der Waals surface area contributed by atoms with Gasteiger partial charge in [-0.25, -0.2) is 0 Å². The zero-order chi connectivity index (χ0) is 10.1. The van der Waals surface area contributed by atoms with Gasteiger partial charge in [-0.3, -0.25) is 4.90 Å². The number of hydrogen-bond acceptors (Lipinski definition) is 2. The Morgan fingerprint density at radius 2 is 1.62 bits per heavy atom. The van der Waals surface area contributed by atoms with Gasteiger partial charge in [0.1, 0.15) is 0 Å². The van der Waals surface area contributed by atoms with Crippen LogP contribution in [-0.2, 0) is 0 Å². The van der Waals surface area contributed by atoms with Crippen LogP contribution in [0.3, 0.4) is 0 Å². The quantitative estimate of drug-likeness (QED) is 0.640. The third-order valence-electron chi connectivity index (χ3n) is 3.52. The van der Waals surface area contributed by atoms with Crippen LogP contribution < -0.4 is 0 Å². The molecule has 2 heteroatoms. The van der Waals surface area contributed by atoms with Crippen LogP contribution in [0.15, 0.2) is 0 Å². The van der Waals surface area contributed by atoms with Crippen molar-refractivity contribution in [2.24, 2.45) is 5.92 Å². The van der Waals surface area contributed by atoms with Gasteiger partial charge in [-0.15, -0.1) is 0 Å². The molecule has 0 aliphatic carbocycles. The van der Waals surface area contributed by atoms with E-state index in [1.165, 1.54) is 26.2 Å². The van der Waals surface area contributed by atoms with Crippen molar-refractivity contribution in [3.63, 3.8) is 0 Å². The van der Waals surface area contributed by atoms with Crippen LogP contribution in [0.4, 0.5) is 0 Å². The average Bonchev–Trinajstić information content (AvgIpc) is 2.04. The van der Waals surface area contributed by atoms with Gasteiger partial charge in [-0.05, 0) is 33.7 Å². The van der Waals surface area contributed by atoms with Crippen LogP contribution >= 0.6 is 0 Å². The van der Waals surface area contributed by atoms with Gasteiger partial charge in [0.2, 0.25) is 0 Å². The molecule has 0 bridgehead atoms. The van der Waals surface area contributed by atoms with Crippen LogP contribution in [0.1, 0.15) is 20.8 Å². The van der Waals surface area contributed by atoms with Gasteiger partial charge in [0.05, 0.1) is 0 Å². The van der Waals surface area contributed by atoms with Gasteiger partial charge >= 0.3 is 0 Å². The molecule has 0 amide bonds. The lowest BCUT2D eigenvalue weighted by molar-refractivity contribution is 0.0397. The SMILES string of the molecule is [CH2]C(C)C(C)(C)N1CCN(C)CC1. The number of rotatable bonds is 2. The fourth-order valence-corrected chi connectivity index (χ4v) is 1.69. The van der Waals surface area contributed by atoms with E-state index in [0.29, 0.717) is 5.92 Å². The fourth-order valence-electron chi connectivity index (χ4n) is 1.69. The summed E-state index contributed by atoms with van der Waals surface area (Å²) in [6.07, 6.45) is 0. The third-order valence-corrected chi connectivity index (χ3v) is 3.52. The van der Waals surface area contributed by atoms with Crippen molar-refractivity contribution in [1.82, 2.24) is 9.80 Å². The summed E-state index contributed by atoms with van der Waals surface area (Å²) in [6.45, 7) is 15.7. The molecule has 0 N–H and O–H groups in total. The van der Waals surface area contributed by atoms with E-state index in [1.807, 2.05) is 0 Å². The van der Waals surface area contributed by atoms with E-state index in [4.69, 9.17) is 0 Å². The smallest absolute Gasteiger partial charge is 0.0179 e. The standard InChI is InChI=1S/C11H23N2/c1-10(2)11(3,4)13-8-6-12(5)7-9-13/h10H,1,6-9H2,2-5H3. The molecule has 1 rings (SSSR count). The molecule has 13 heavy (non-hydrogen) atoms. The molecule has 0 spiro atoms. The lowest BCUT2D eigenvalue weighted by Crippen LogP contribution is -2.55. The Labute approximate surface area is 82.9 Å². The molecule has 0 saturated carbocycles. The van der Waals surface area contributed by atoms with Crippen molar-refractivity contribution in [3.05, 3.63) is 6.92 Å². The Morgan fingerprint density at radius 3 is 2.00 bits per heavy atom. The van der Waals surface area contributed by atoms with E-state index in [-0.39, 0.29) is 5.54 Å². The number of hydrogen-bond donors (Lipinski definition) is 0. The molecule has 1 radical (unpaired) electrons. The third kappa shape index (κ3) is 2.44. The first kappa shape index (κ1) is 11.0. The Bertz CT molecular complexity index is 155. The maximum absolute atomic E-state index is 4.15. The van der Waals surface area contributed by atoms with Crippen molar-refractivity contribution >= 4 is 0 Å². The van der Waals surface area contributed by atoms with Crippen LogP contribution in [0, 0.1) is 12.8 Å². The zero-order valence-electron chi connectivity index (χ0n) is 9.51. The molecular weight excluding hydrogens is 160 g/mol. The highest BCUT2D eigenvalue weighted by Gasteiger charge is 2.31. The molecule has 1 heterocycles. The van der Waals surface area contributed by atoms with Gasteiger partial charge in [-0.1, -0.05) is 6.92 Å². The summed E-state index contributed by atoms with van der Waals surface area (Å²) in [4.78, 5) is 4.95. The first-order chi connectivity index (χ1) is 5.94. The molecule has 0 aromatic carbocycles. The van der Waals surface area contributed by atoms with Gasteiger partial charge in [0, 0.05) is 31.7 Å². The molecule has 1 unspecified atom stereocenters. The first-order valence-electron chi connectivity index (χ1n) is 5.21. The van der Waals surface area contributed by atoms with Crippen molar-refractivity contribution in [3.8, 4) is 0 Å². The average molecular weight is 183 g/mol. The number of likely N-dealkylation sites (N-methyl/N-ethyl adjacent to an activating group) is 1. The lowest BCUT2D eigenvalue weighted by atomic mass is 9.88. The molecule has 0 aromatic rings. The van der Waals surface area contributed by atoms with E-state index in [0.717, 1.165) is 0 Å². The number of piperazine rings is 1. The molecule has 2 nitrogen and oxygen atoms in total. The van der Waals surface area contributed by atoms with Crippen molar-refractivity contribution in [2.75, 3.05) is 33.2 Å². The summed E-state index contributed by atoms with van der Waals surface area (Å²) < 4.78 is 0. The van der Waals surface area contributed by atoms with E-state index in [2.05, 4.69) is 44.5 Å².